The molecule has 0 radical (unpaired) electrons. The summed E-state index contributed by atoms with van der Waals surface area (Å²) in [5.74, 6) is 0.503. The van der Waals surface area contributed by atoms with Crippen molar-refractivity contribution in [2.45, 2.75) is 26.7 Å². The highest BCUT2D eigenvalue weighted by molar-refractivity contribution is 5.82. The van der Waals surface area contributed by atoms with E-state index in [0.29, 0.717) is 0 Å². The molecule has 13 heavy (non-hydrogen) atoms. The van der Waals surface area contributed by atoms with Crippen molar-refractivity contribution in [3.63, 3.8) is 0 Å². The fraction of sp³-hybridized carbons (Fsp3) is 0.900. The van der Waals surface area contributed by atoms with Crippen LogP contribution < -0.4 is 10.6 Å². The van der Waals surface area contributed by atoms with E-state index in [4.69, 9.17) is 0 Å². The highest BCUT2D eigenvalue weighted by Gasteiger charge is 2.50. The summed E-state index contributed by atoms with van der Waals surface area (Å²) in [7, 11) is 1.92. The van der Waals surface area contributed by atoms with Crippen molar-refractivity contribution in [2.24, 2.45) is 11.3 Å². The standard InChI is InChI=1S/C10H20N2O/c1-10(2)7-8(10)9(13)12-6-4-5-11-3/h8,11H,4-7H2,1-3H3,(H,12,13). The molecule has 1 saturated carbocycles. The Kier molecular flexibility index (Phi) is 3.31. The van der Waals surface area contributed by atoms with Crippen molar-refractivity contribution in [2.75, 3.05) is 20.1 Å². The molecule has 1 aliphatic carbocycles. The molecule has 0 bridgehead atoms. The molecule has 76 valence electrons. The third-order valence-corrected chi connectivity index (χ3v) is 2.73. The van der Waals surface area contributed by atoms with Crippen LogP contribution in [0, 0.1) is 11.3 Å². The molecule has 3 heteroatoms. The van der Waals surface area contributed by atoms with Gasteiger partial charge in [-0.15, -0.1) is 0 Å². The fourth-order valence-electron chi connectivity index (χ4n) is 1.51. The first kappa shape index (κ1) is 10.5. The molecule has 1 fully saturated rings. The summed E-state index contributed by atoms with van der Waals surface area (Å²) in [6.45, 7) is 6.05. The number of hydrogen-bond donors (Lipinski definition) is 2. The second-order valence-electron chi connectivity index (χ2n) is 4.49. The molecule has 0 aromatic carbocycles. The van der Waals surface area contributed by atoms with Crippen molar-refractivity contribution in [1.29, 1.82) is 0 Å². The Morgan fingerprint density at radius 1 is 1.46 bits per heavy atom. The molecule has 0 aromatic rings. The third kappa shape index (κ3) is 2.99. The maximum Gasteiger partial charge on any atom is 0.223 e. The maximum absolute atomic E-state index is 11.5. The molecule has 0 heterocycles. The monoisotopic (exact) mass is 184 g/mol. The highest BCUT2D eigenvalue weighted by Crippen LogP contribution is 2.51. The smallest absolute Gasteiger partial charge is 0.223 e. The quantitative estimate of drug-likeness (QED) is 0.619. The van der Waals surface area contributed by atoms with Crippen LogP contribution in [0.4, 0.5) is 0 Å². The van der Waals surface area contributed by atoms with Gasteiger partial charge < -0.3 is 10.6 Å². The second kappa shape index (κ2) is 4.09. The first-order valence-corrected chi connectivity index (χ1v) is 5.00. The molecule has 1 amide bonds. The van der Waals surface area contributed by atoms with E-state index < -0.39 is 0 Å². The number of carbonyl (C=O) groups is 1. The van der Waals surface area contributed by atoms with Gasteiger partial charge in [0, 0.05) is 12.5 Å². The van der Waals surface area contributed by atoms with Gasteiger partial charge in [0.15, 0.2) is 0 Å². The SMILES string of the molecule is CNCCCNC(=O)C1CC1(C)C. The molecule has 0 spiro atoms. The van der Waals surface area contributed by atoms with Crippen LogP contribution in [0.25, 0.3) is 0 Å². The Morgan fingerprint density at radius 3 is 2.54 bits per heavy atom. The Balaban J connectivity index is 2.06. The summed E-state index contributed by atoms with van der Waals surface area (Å²) in [6, 6.07) is 0. The van der Waals surface area contributed by atoms with Gasteiger partial charge in [0.1, 0.15) is 0 Å². The minimum atomic E-state index is 0.237. The number of nitrogens with one attached hydrogen (secondary N) is 2. The Hall–Kier alpha value is -0.570. The molecular weight excluding hydrogens is 164 g/mol. The molecular formula is C10H20N2O. The van der Waals surface area contributed by atoms with E-state index in [1.807, 2.05) is 7.05 Å². The van der Waals surface area contributed by atoms with Crippen LogP contribution in [-0.2, 0) is 4.79 Å². The average Bonchev–Trinajstić information content (AvgIpc) is 2.69. The van der Waals surface area contributed by atoms with Crippen LogP contribution in [0.2, 0.25) is 0 Å². The van der Waals surface area contributed by atoms with Gasteiger partial charge in [-0.05, 0) is 31.8 Å². The van der Waals surface area contributed by atoms with Crippen LogP contribution in [-0.4, -0.2) is 26.0 Å². The predicted molar refractivity (Wildman–Crippen MR) is 53.4 cm³/mol. The molecule has 1 rings (SSSR count). The van der Waals surface area contributed by atoms with Gasteiger partial charge in [0.05, 0.1) is 0 Å². The normalized spacial score (nSPS) is 24.1. The number of rotatable bonds is 5. The van der Waals surface area contributed by atoms with E-state index in [1.165, 1.54) is 0 Å². The minimum Gasteiger partial charge on any atom is -0.356 e. The van der Waals surface area contributed by atoms with E-state index in [1.54, 1.807) is 0 Å². The third-order valence-electron chi connectivity index (χ3n) is 2.73. The lowest BCUT2D eigenvalue weighted by atomic mass is 10.1. The summed E-state index contributed by atoms with van der Waals surface area (Å²) in [5, 5.41) is 6.01. The largest absolute Gasteiger partial charge is 0.356 e. The molecule has 1 atom stereocenters. The van der Waals surface area contributed by atoms with Crippen LogP contribution in [0.5, 0.6) is 0 Å². The molecule has 2 N–H and O–H groups in total. The summed E-state index contributed by atoms with van der Waals surface area (Å²) in [6.07, 6.45) is 2.06. The van der Waals surface area contributed by atoms with Gasteiger partial charge in [0.2, 0.25) is 5.91 Å². The molecule has 1 aliphatic rings. The van der Waals surface area contributed by atoms with Crippen molar-refractivity contribution >= 4 is 5.91 Å². The van der Waals surface area contributed by atoms with Gasteiger partial charge >= 0.3 is 0 Å². The predicted octanol–water partition coefficient (Wildman–Crippen LogP) is 0.758. The highest BCUT2D eigenvalue weighted by atomic mass is 16.2. The minimum absolute atomic E-state index is 0.237. The number of amides is 1. The van der Waals surface area contributed by atoms with Crippen molar-refractivity contribution in [1.82, 2.24) is 10.6 Å². The van der Waals surface area contributed by atoms with Gasteiger partial charge in [-0.2, -0.15) is 0 Å². The van der Waals surface area contributed by atoms with E-state index in [2.05, 4.69) is 24.5 Å². The Bertz CT molecular complexity index is 189. The van der Waals surface area contributed by atoms with Crippen molar-refractivity contribution in [3.05, 3.63) is 0 Å². The lowest BCUT2D eigenvalue weighted by Crippen LogP contribution is -2.29. The molecule has 0 aromatic heterocycles. The fourth-order valence-corrected chi connectivity index (χ4v) is 1.51. The summed E-state index contributed by atoms with van der Waals surface area (Å²) < 4.78 is 0. The zero-order valence-electron chi connectivity index (χ0n) is 8.81. The van der Waals surface area contributed by atoms with Gasteiger partial charge in [-0.3, -0.25) is 4.79 Å². The molecule has 3 nitrogen and oxygen atoms in total. The van der Waals surface area contributed by atoms with Gasteiger partial charge in [-0.1, -0.05) is 13.8 Å². The zero-order valence-corrected chi connectivity index (χ0v) is 8.81. The van der Waals surface area contributed by atoms with Crippen molar-refractivity contribution in [3.8, 4) is 0 Å². The van der Waals surface area contributed by atoms with Crippen LogP contribution in [0.3, 0.4) is 0 Å². The maximum atomic E-state index is 11.5. The molecule has 1 unspecified atom stereocenters. The number of carbonyl (C=O) groups excluding carboxylic acids is 1. The van der Waals surface area contributed by atoms with Crippen molar-refractivity contribution < 1.29 is 4.79 Å². The summed E-state index contributed by atoms with van der Waals surface area (Å²) in [5.41, 5.74) is 0.257. The van der Waals surface area contributed by atoms with Gasteiger partial charge in [0.25, 0.3) is 0 Å². The lowest BCUT2D eigenvalue weighted by molar-refractivity contribution is -0.122. The van der Waals surface area contributed by atoms with Crippen LogP contribution in [0.1, 0.15) is 26.7 Å². The molecule has 0 saturated heterocycles. The molecule has 0 aliphatic heterocycles. The summed E-state index contributed by atoms with van der Waals surface area (Å²) in [4.78, 5) is 11.5. The van der Waals surface area contributed by atoms with E-state index in [-0.39, 0.29) is 17.2 Å². The van der Waals surface area contributed by atoms with Crippen LogP contribution in [0.15, 0.2) is 0 Å². The van der Waals surface area contributed by atoms with E-state index in [0.717, 1.165) is 25.9 Å². The number of hydrogen-bond acceptors (Lipinski definition) is 2. The zero-order chi connectivity index (χ0) is 9.90. The first-order chi connectivity index (χ1) is 6.08. The Morgan fingerprint density at radius 2 is 2.08 bits per heavy atom. The second-order valence-corrected chi connectivity index (χ2v) is 4.49. The topological polar surface area (TPSA) is 41.1 Å². The van der Waals surface area contributed by atoms with Crippen LogP contribution >= 0.6 is 0 Å². The van der Waals surface area contributed by atoms with E-state index in [9.17, 15) is 4.79 Å². The van der Waals surface area contributed by atoms with E-state index >= 15 is 0 Å². The summed E-state index contributed by atoms with van der Waals surface area (Å²) >= 11 is 0. The first-order valence-electron chi connectivity index (χ1n) is 5.00. The average molecular weight is 184 g/mol. The van der Waals surface area contributed by atoms with Gasteiger partial charge in [-0.25, -0.2) is 0 Å². The Labute approximate surface area is 80.3 Å². The lowest BCUT2D eigenvalue weighted by Gasteiger charge is -2.05.